The summed E-state index contributed by atoms with van der Waals surface area (Å²) in [6.45, 7) is 6.55. The number of benzene rings is 1. The molecule has 1 aromatic heterocycles. The van der Waals surface area contributed by atoms with E-state index in [4.69, 9.17) is 5.73 Å². The Morgan fingerprint density at radius 3 is 2.57 bits per heavy atom. The summed E-state index contributed by atoms with van der Waals surface area (Å²) in [5.41, 5.74) is 8.25. The van der Waals surface area contributed by atoms with Gasteiger partial charge in [0.2, 0.25) is 0 Å². The van der Waals surface area contributed by atoms with Crippen molar-refractivity contribution in [2.45, 2.75) is 39.8 Å². The number of hydrogen-bond donors (Lipinski definition) is 1. The zero-order valence-electron chi connectivity index (χ0n) is 12.5. The number of carbonyl (C=O) groups is 1. The van der Waals surface area contributed by atoms with Crippen LogP contribution in [0.1, 0.15) is 41.7 Å². The summed E-state index contributed by atoms with van der Waals surface area (Å²) in [6.07, 6.45) is 0.714. The molecule has 2 rings (SSSR count). The molecule has 0 saturated heterocycles. The number of hydrogen-bond acceptors (Lipinski definition) is 5. The number of anilines is 1. The fourth-order valence-corrected chi connectivity index (χ4v) is 2.75. The van der Waals surface area contributed by atoms with Gasteiger partial charge < -0.3 is 10.6 Å². The molecule has 5 nitrogen and oxygen atoms in total. The van der Waals surface area contributed by atoms with Crippen LogP contribution in [0, 0.1) is 0 Å². The third-order valence-electron chi connectivity index (χ3n) is 3.30. The highest BCUT2D eigenvalue weighted by atomic mass is 32.1. The van der Waals surface area contributed by atoms with Gasteiger partial charge in [0.05, 0.1) is 5.69 Å². The Bertz CT molecular complexity index is 606. The molecule has 2 aromatic rings. The predicted molar refractivity (Wildman–Crippen MR) is 85.2 cm³/mol. The topological polar surface area (TPSA) is 72.1 Å². The molecule has 0 aliphatic heterocycles. The number of nitrogens with two attached hydrogens (primary N) is 1. The third kappa shape index (κ3) is 3.58. The lowest BCUT2D eigenvalue weighted by Crippen LogP contribution is -2.36. The maximum atomic E-state index is 12.7. The fraction of sp³-hybridized carbons (Fsp3) is 0.400. The van der Waals surface area contributed by atoms with Crippen molar-refractivity contribution in [1.29, 1.82) is 0 Å². The van der Waals surface area contributed by atoms with Gasteiger partial charge in [-0.25, -0.2) is 0 Å². The molecule has 0 saturated carbocycles. The highest BCUT2D eigenvalue weighted by molar-refractivity contribution is 7.08. The Hall–Kier alpha value is -1.95. The van der Waals surface area contributed by atoms with Crippen molar-refractivity contribution in [2.24, 2.45) is 0 Å². The van der Waals surface area contributed by atoms with E-state index >= 15 is 0 Å². The van der Waals surface area contributed by atoms with E-state index < -0.39 is 0 Å². The minimum Gasteiger partial charge on any atom is -0.399 e. The smallest absolute Gasteiger partial charge is 0.268 e. The van der Waals surface area contributed by atoms with Crippen molar-refractivity contribution in [3.8, 4) is 0 Å². The summed E-state index contributed by atoms with van der Waals surface area (Å²) in [6, 6.07) is 7.70. The van der Waals surface area contributed by atoms with Gasteiger partial charge >= 0.3 is 0 Å². The molecule has 0 unspecified atom stereocenters. The molecule has 112 valence electrons. The van der Waals surface area contributed by atoms with E-state index in [9.17, 15) is 4.79 Å². The molecule has 1 heterocycles. The first-order valence-corrected chi connectivity index (χ1v) is 7.76. The molecule has 6 heteroatoms. The molecule has 0 radical (unpaired) electrons. The zero-order chi connectivity index (χ0) is 15.4. The Balaban J connectivity index is 2.22. The number of rotatable bonds is 5. The van der Waals surface area contributed by atoms with E-state index in [0.717, 1.165) is 16.9 Å². The van der Waals surface area contributed by atoms with Crippen LogP contribution in [-0.4, -0.2) is 26.4 Å². The summed E-state index contributed by atoms with van der Waals surface area (Å²) in [4.78, 5) is 15.2. The largest absolute Gasteiger partial charge is 0.399 e. The van der Waals surface area contributed by atoms with Crippen molar-refractivity contribution in [3.63, 3.8) is 0 Å². The lowest BCUT2D eigenvalue weighted by Gasteiger charge is -2.26. The summed E-state index contributed by atoms with van der Waals surface area (Å²) in [5.74, 6) is -0.00586. The second kappa shape index (κ2) is 6.67. The van der Waals surface area contributed by atoms with Crippen LogP contribution < -0.4 is 5.73 Å². The second-order valence-electron chi connectivity index (χ2n) is 5.17. The normalized spacial score (nSPS) is 10.9. The highest BCUT2D eigenvalue weighted by Crippen LogP contribution is 2.19. The van der Waals surface area contributed by atoms with Crippen LogP contribution in [0.4, 0.5) is 5.69 Å². The summed E-state index contributed by atoms with van der Waals surface area (Å²) in [7, 11) is 0. The highest BCUT2D eigenvalue weighted by Gasteiger charge is 2.23. The molecule has 1 amide bonds. The van der Waals surface area contributed by atoms with Gasteiger partial charge in [0.25, 0.3) is 5.91 Å². The van der Waals surface area contributed by atoms with Crippen LogP contribution in [0.3, 0.4) is 0 Å². The number of amides is 1. The first-order chi connectivity index (χ1) is 10.0. The summed E-state index contributed by atoms with van der Waals surface area (Å²) in [5, 5.41) is 4.02. The number of aromatic nitrogens is 2. The first-order valence-electron chi connectivity index (χ1n) is 6.99. The quantitative estimate of drug-likeness (QED) is 0.862. The molecular formula is C15H20N4OS. The van der Waals surface area contributed by atoms with E-state index in [1.807, 2.05) is 49.9 Å². The minimum atomic E-state index is -0.00586. The molecule has 2 N–H and O–H groups in total. The first kappa shape index (κ1) is 15.4. The molecule has 0 bridgehead atoms. The average molecular weight is 304 g/mol. The molecule has 1 aromatic carbocycles. The minimum absolute atomic E-state index is 0.00586. The Labute approximate surface area is 128 Å². The van der Waals surface area contributed by atoms with E-state index in [-0.39, 0.29) is 11.9 Å². The van der Waals surface area contributed by atoms with Gasteiger partial charge in [-0.2, -0.15) is 0 Å². The van der Waals surface area contributed by atoms with Crippen LogP contribution in [0.2, 0.25) is 0 Å². The standard InChI is InChI=1S/C15H20N4OS/c1-4-13-14(21-18-17-13)15(20)19(10(2)3)9-11-5-7-12(16)8-6-11/h5-8,10H,4,9,16H2,1-3H3. The van der Waals surface area contributed by atoms with Crippen molar-refractivity contribution < 1.29 is 4.79 Å². The molecule has 21 heavy (non-hydrogen) atoms. The maximum absolute atomic E-state index is 12.7. The van der Waals surface area contributed by atoms with E-state index in [1.165, 1.54) is 11.5 Å². The van der Waals surface area contributed by atoms with Crippen LogP contribution >= 0.6 is 11.5 Å². The number of nitrogen functional groups attached to an aromatic ring is 1. The molecule has 0 aliphatic rings. The van der Waals surface area contributed by atoms with Gasteiger partial charge in [-0.05, 0) is 49.5 Å². The Morgan fingerprint density at radius 2 is 2.00 bits per heavy atom. The summed E-state index contributed by atoms with van der Waals surface area (Å²) < 4.78 is 3.90. The van der Waals surface area contributed by atoms with Gasteiger partial charge in [-0.1, -0.05) is 23.5 Å². The number of aryl methyl sites for hydroxylation is 1. The van der Waals surface area contributed by atoms with E-state index in [1.54, 1.807) is 0 Å². The molecule has 0 spiro atoms. The van der Waals surface area contributed by atoms with Gasteiger partial charge in [0.1, 0.15) is 4.88 Å². The van der Waals surface area contributed by atoms with Crippen molar-refractivity contribution >= 4 is 23.1 Å². The SMILES string of the molecule is CCc1nnsc1C(=O)N(Cc1ccc(N)cc1)C(C)C. The van der Waals surface area contributed by atoms with Gasteiger partial charge in [0, 0.05) is 18.3 Å². The molecule has 0 atom stereocenters. The summed E-state index contributed by atoms with van der Waals surface area (Å²) >= 11 is 1.17. The Kier molecular flexibility index (Phi) is 4.90. The van der Waals surface area contributed by atoms with Crippen LogP contribution in [0.5, 0.6) is 0 Å². The zero-order valence-corrected chi connectivity index (χ0v) is 13.4. The fourth-order valence-electron chi connectivity index (χ4n) is 2.04. The predicted octanol–water partition coefficient (Wildman–Crippen LogP) is 2.73. The van der Waals surface area contributed by atoms with Crippen LogP contribution in [0.15, 0.2) is 24.3 Å². The number of nitrogens with zero attached hydrogens (tertiary/aromatic N) is 3. The maximum Gasteiger partial charge on any atom is 0.268 e. The van der Waals surface area contributed by atoms with Crippen molar-refractivity contribution in [1.82, 2.24) is 14.5 Å². The lowest BCUT2D eigenvalue weighted by atomic mass is 10.1. The van der Waals surface area contributed by atoms with Gasteiger partial charge in [-0.3, -0.25) is 4.79 Å². The van der Waals surface area contributed by atoms with Crippen LogP contribution in [-0.2, 0) is 13.0 Å². The lowest BCUT2D eigenvalue weighted by molar-refractivity contribution is 0.0694. The molecule has 0 fully saturated rings. The molecule has 0 aliphatic carbocycles. The third-order valence-corrected chi connectivity index (χ3v) is 4.06. The van der Waals surface area contributed by atoms with Gasteiger partial charge in [0.15, 0.2) is 0 Å². The van der Waals surface area contributed by atoms with Gasteiger partial charge in [-0.15, -0.1) is 5.10 Å². The molecular weight excluding hydrogens is 284 g/mol. The average Bonchev–Trinajstić information content (AvgIpc) is 2.94. The van der Waals surface area contributed by atoms with Crippen LogP contribution in [0.25, 0.3) is 0 Å². The van der Waals surface area contributed by atoms with E-state index in [0.29, 0.717) is 17.8 Å². The Morgan fingerprint density at radius 1 is 1.33 bits per heavy atom. The van der Waals surface area contributed by atoms with E-state index in [2.05, 4.69) is 9.59 Å². The van der Waals surface area contributed by atoms with Crippen molar-refractivity contribution in [2.75, 3.05) is 5.73 Å². The number of carbonyl (C=O) groups excluding carboxylic acids is 1. The monoisotopic (exact) mass is 304 g/mol. The van der Waals surface area contributed by atoms with Crippen molar-refractivity contribution in [3.05, 3.63) is 40.4 Å². The second-order valence-corrected chi connectivity index (χ2v) is 5.92.